The van der Waals surface area contributed by atoms with Crippen LogP contribution in [0.15, 0.2) is 30.5 Å². The summed E-state index contributed by atoms with van der Waals surface area (Å²) in [5, 5.41) is 12.7. The maximum Gasteiger partial charge on any atom is 0.430 e. The highest BCUT2D eigenvalue weighted by Gasteiger charge is 2.71. The van der Waals surface area contributed by atoms with Gasteiger partial charge in [0.05, 0.1) is 12.7 Å². The summed E-state index contributed by atoms with van der Waals surface area (Å²) in [5.41, 5.74) is -6.97. The van der Waals surface area contributed by atoms with Gasteiger partial charge in [0, 0.05) is 29.9 Å². The van der Waals surface area contributed by atoms with Gasteiger partial charge in [-0.25, -0.2) is 9.78 Å². The highest BCUT2D eigenvalue weighted by atomic mass is 19.4. The van der Waals surface area contributed by atoms with Crippen molar-refractivity contribution in [2.75, 3.05) is 13.2 Å². The molecule has 45 heavy (non-hydrogen) atoms. The Morgan fingerprint density at radius 3 is 2.02 bits per heavy atom. The van der Waals surface area contributed by atoms with Crippen LogP contribution in [0.25, 0.3) is 0 Å². The van der Waals surface area contributed by atoms with Crippen LogP contribution in [0, 0.1) is 0 Å². The number of aromatic nitrogens is 1. The molecule has 1 aliphatic rings. The van der Waals surface area contributed by atoms with E-state index in [1.54, 1.807) is 32.9 Å². The van der Waals surface area contributed by atoms with Crippen molar-refractivity contribution in [3.63, 3.8) is 0 Å². The molecule has 1 aromatic carbocycles. The molecule has 0 spiro atoms. The highest BCUT2D eigenvalue weighted by molar-refractivity contribution is 6.07. The predicted octanol–water partition coefficient (Wildman–Crippen LogP) is 6.71. The number of benzene rings is 1. The first-order chi connectivity index (χ1) is 20.9. The number of rotatable bonds is 14. The summed E-state index contributed by atoms with van der Waals surface area (Å²) < 4.78 is 93.2. The van der Waals surface area contributed by atoms with Gasteiger partial charge in [0.25, 0.3) is 11.5 Å². The van der Waals surface area contributed by atoms with Crippen LogP contribution in [-0.4, -0.2) is 58.5 Å². The van der Waals surface area contributed by atoms with Gasteiger partial charge < -0.3 is 19.9 Å². The number of alkyl halides is 6. The fourth-order valence-electron chi connectivity index (χ4n) is 5.18. The standard InChI is InChI=1S/C31H39F6N3O5/c1-6-10-20-16-23(29(43,30(32,33)34)31(35,36)37)17-21(11-7-2)25(20)44-15-9-8-14-40-26(41)28(5,39-27(40)42)22-12-13-24(38-18-22)45-19(3)4/h12-13,16-19,43H,6-11,14-15H2,1-5H3,(H,39,42). The van der Waals surface area contributed by atoms with Crippen LogP contribution in [0.5, 0.6) is 11.6 Å². The van der Waals surface area contributed by atoms with Crippen LogP contribution in [0.4, 0.5) is 31.1 Å². The van der Waals surface area contributed by atoms with Gasteiger partial charge in [0.15, 0.2) is 0 Å². The second-order valence-corrected chi connectivity index (χ2v) is 11.4. The fourth-order valence-corrected chi connectivity index (χ4v) is 5.18. The van der Waals surface area contributed by atoms with Crippen molar-refractivity contribution in [1.29, 1.82) is 0 Å². The van der Waals surface area contributed by atoms with Crippen molar-refractivity contribution in [1.82, 2.24) is 15.2 Å². The van der Waals surface area contributed by atoms with E-state index in [2.05, 4.69) is 10.3 Å². The summed E-state index contributed by atoms with van der Waals surface area (Å²) in [6.45, 7) is 8.78. The number of carbonyl (C=O) groups is 2. The third-order valence-corrected chi connectivity index (χ3v) is 7.49. The Bertz CT molecular complexity index is 1310. The molecule has 0 aliphatic carbocycles. The molecular formula is C31H39F6N3O5. The van der Waals surface area contributed by atoms with Gasteiger partial charge in [-0.1, -0.05) is 26.7 Å². The molecule has 1 saturated heterocycles. The number of ether oxygens (including phenoxy) is 2. The molecule has 1 unspecified atom stereocenters. The highest BCUT2D eigenvalue weighted by Crippen LogP contribution is 2.51. The van der Waals surface area contributed by atoms with Crippen molar-refractivity contribution in [2.45, 2.75) is 103 Å². The van der Waals surface area contributed by atoms with Crippen LogP contribution in [0.2, 0.25) is 0 Å². The lowest BCUT2D eigenvalue weighted by Gasteiger charge is -2.33. The number of aryl methyl sites for hydroxylation is 2. The van der Waals surface area contributed by atoms with Crippen molar-refractivity contribution >= 4 is 11.9 Å². The number of amides is 3. The molecule has 2 N–H and O–H groups in total. The molecule has 14 heteroatoms. The summed E-state index contributed by atoms with van der Waals surface area (Å²) in [7, 11) is 0. The number of unbranched alkanes of at least 4 members (excludes halogenated alkanes) is 1. The van der Waals surface area contributed by atoms with E-state index in [0.717, 1.165) is 4.90 Å². The summed E-state index contributed by atoms with van der Waals surface area (Å²) in [5.74, 6) is 0.0796. The molecule has 3 rings (SSSR count). The Kier molecular flexibility index (Phi) is 11.0. The number of carbonyl (C=O) groups excluding carboxylic acids is 2. The minimum atomic E-state index is -6.00. The Balaban J connectivity index is 1.73. The summed E-state index contributed by atoms with van der Waals surface area (Å²) in [6, 6.07) is 4.10. The second-order valence-electron chi connectivity index (χ2n) is 11.4. The molecule has 0 saturated carbocycles. The van der Waals surface area contributed by atoms with Gasteiger partial charge in [0.1, 0.15) is 11.3 Å². The van der Waals surface area contributed by atoms with E-state index in [4.69, 9.17) is 9.47 Å². The molecule has 2 aromatic rings. The van der Waals surface area contributed by atoms with Crippen LogP contribution in [-0.2, 0) is 28.8 Å². The normalized spacial score (nSPS) is 17.7. The first kappa shape index (κ1) is 35.9. The number of nitrogens with zero attached hydrogens (tertiary/aromatic N) is 2. The zero-order valence-corrected chi connectivity index (χ0v) is 25.9. The number of nitrogens with one attached hydrogen (secondary N) is 1. The number of urea groups is 1. The van der Waals surface area contributed by atoms with Gasteiger partial charge in [0.2, 0.25) is 5.88 Å². The summed E-state index contributed by atoms with van der Waals surface area (Å²) in [6.07, 6.45) is -8.96. The Morgan fingerprint density at radius 1 is 0.978 bits per heavy atom. The van der Waals surface area contributed by atoms with Crippen molar-refractivity contribution < 1.29 is 50.5 Å². The summed E-state index contributed by atoms with van der Waals surface area (Å²) >= 11 is 0. The van der Waals surface area contributed by atoms with E-state index in [9.17, 15) is 41.0 Å². The zero-order chi connectivity index (χ0) is 33.8. The largest absolute Gasteiger partial charge is 0.493 e. The Morgan fingerprint density at radius 2 is 1.56 bits per heavy atom. The van der Waals surface area contributed by atoms with E-state index < -0.39 is 41.0 Å². The van der Waals surface area contributed by atoms with Crippen LogP contribution < -0.4 is 14.8 Å². The topological polar surface area (TPSA) is 101 Å². The molecule has 0 radical (unpaired) electrons. The third kappa shape index (κ3) is 7.47. The van der Waals surface area contributed by atoms with Crippen molar-refractivity contribution in [2.24, 2.45) is 0 Å². The average molecular weight is 648 g/mol. The minimum Gasteiger partial charge on any atom is -0.493 e. The quantitative estimate of drug-likeness (QED) is 0.134. The second kappa shape index (κ2) is 13.8. The number of imide groups is 1. The van der Waals surface area contributed by atoms with Crippen molar-refractivity contribution in [3.05, 3.63) is 52.7 Å². The molecular weight excluding hydrogens is 608 g/mol. The van der Waals surface area contributed by atoms with E-state index >= 15 is 0 Å². The van der Waals surface area contributed by atoms with E-state index in [1.165, 1.54) is 6.20 Å². The van der Waals surface area contributed by atoms with Crippen LogP contribution in [0.1, 0.15) is 82.6 Å². The zero-order valence-electron chi connectivity index (χ0n) is 25.9. The molecule has 1 aliphatic heterocycles. The lowest BCUT2D eigenvalue weighted by Crippen LogP contribution is -2.54. The molecule has 250 valence electrons. The van der Waals surface area contributed by atoms with Gasteiger partial charge in [-0.05, 0) is 75.8 Å². The average Bonchev–Trinajstić information content (AvgIpc) is 3.15. The van der Waals surface area contributed by atoms with E-state index in [0.29, 0.717) is 49.3 Å². The number of aliphatic hydroxyl groups is 1. The molecule has 1 atom stereocenters. The maximum absolute atomic E-state index is 13.6. The van der Waals surface area contributed by atoms with Crippen LogP contribution >= 0.6 is 0 Å². The first-order valence-corrected chi connectivity index (χ1v) is 14.8. The van der Waals surface area contributed by atoms with E-state index in [1.807, 2.05) is 13.8 Å². The Labute approximate surface area is 258 Å². The molecule has 0 bridgehead atoms. The van der Waals surface area contributed by atoms with E-state index in [-0.39, 0.29) is 49.0 Å². The Hall–Kier alpha value is -3.55. The smallest absolute Gasteiger partial charge is 0.430 e. The van der Waals surface area contributed by atoms with Gasteiger partial charge >= 0.3 is 18.4 Å². The number of hydrogen-bond acceptors (Lipinski definition) is 6. The molecule has 1 fully saturated rings. The molecule has 1 aromatic heterocycles. The van der Waals surface area contributed by atoms with Gasteiger partial charge in [-0.15, -0.1) is 0 Å². The first-order valence-electron chi connectivity index (χ1n) is 14.8. The predicted molar refractivity (Wildman–Crippen MR) is 153 cm³/mol. The maximum atomic E-state index is 13.6. The number of halogens is 6. The minimum absolute atomic E-state index is 0.0255. The van der Waals surface area contributed by atoms with Gasteiger partial charge in [-0.3, -0.25) is 9.69 Å². The van der Waals surface area contributed by atoms with Crippen LogP contribution in [0.3, 0.4) is 0 Å². The molecule has 3 amide bonds. The third-order valence-electron chi connectivity index (χ3n) is 7.49. The molecule has 2 heterocycles. The van der Waals surface area contributed by atoms with Gasteiger partial charge in [-0.2, -0.15) is 26.3 Å². The monoisotopic (exact) mass is 647 g/mol. The lowest BCUT2D eigenvalue weighted by molar-refractivity contribution is -0.376. The number of hydrogen-bond donors (Lipinski definition) is 2. The summed E-state index contributed by atoms with van der Waals surface area (Å²) in [4.78, 5) is 31.2. The molecule has 8 nitrogen and oxygen atoms in total. The number of pyridine rings is 1. The fraction of sp³-hybridized carbons (Fsp3) is 0.581. The SMILES string of the molecule is CCCc1cc(C(O)(C(F)(F)F)C(F)(F)F)cc(CCC)c1OCCCCN1C(=O)NC(C)(c2ccc(OC(C)C)nc2)C1=O. The lowest BCUT2D eigenvalue weighted by atomic mass is 9.87. The van der Waals surface area contributed by atoms with Crippen molar-refractivity contribution in [3.8, 4) is 11.6 Å².